The molecule has 0 unspecified atom stereocenters. The smallest absolute Gasteiger partial charge is 0.335 e. The summed E-state index contributed by atoms with van der Waals surface area (Å²) >= 11 is 0. The van der Waals surface area contributed by atoms with Crippen LogP contribution in [0, 0.1) is 0 Å². The summed E-state index contributed by atoms with van der Waals surface area (Å²) in [4.78, 5) is 11.0. The van der Waals surface area contributed by atoms with Crippen LogP contribution >= 0.6 is 0 Å². The van der Waals surface area contributed by atoms with Gasteiger partial charge >= 0.3 is 5.97 Å². The van der Waals surface area contributed by atoms with Crippen LogP contribution in [0.4, 0.5) is 5.69 Å². The highest BCUT2D eigenvalue weighted by molar-refractivity contribution is 7.89. The van der Waals surface area contributed by atoms with Crippen molar-refractivity contribution in [3.05, 3.63) is 59.7 Å². The first-order valence-corrected chi connectivity index (χ1v) is 8.57. The van der Waals surface area contributed by atoms with E-state index in [4.69, 9.17) is 5.11 Å². The van der Waals surface area contributed by atoms with E-state index >= 15 is 0 Å². The molecule has 0 heterocycles. The second kappa shape index (κ2) is 7.26. The summed E-state index contributed by atoms with van der Waals surface area (Å²) in [6.07, 6.45) is 0. The molecule has 0 fully saturated rings. The van der Waals surface area contributed by atoms with Gasteiger partial charge in [0.15, 0.2) is 0 Å². The highest BCUT2D eigenvalue weighted by Gasteiger charge is 2.20. The van der Waals surface area contributed by atoms with Crippen molar-refractivity contribution in [1.29, 1.82) is 0 Å². The normalized spacial score (nSPS) is 11.2. The maximum absolute atomic E-state index is 12.5. The predicted molar refractivity (Wildman–Crippen MR) is 88.0 cm³/mol. The Labute approximate surface area is 135 Å². The molecule has 0 atom stereocenters. The Morgan fingerprint density at radius 1 is 1.13 bits per heavy atom. The van der Waals surface area contributed by atoms with Gasteiger partial charge in [0.1, 0.15) is 4.90 Å². The van der Waals surface area contributed by atoms with Crippen LogP contribution in [-0.2, 0) is 16.6 Å². The Balaban J connectivity index is 2.33. The summed E-state index contributed by atoms with van der Waals surface area (Å²) in [6.45, 7) is 2.48. The van der Waals surface area contributed by atoms with Gasteiger partial charge in [-0.25, -0.2) is 17.9 Å². The number of carboxylic acid groups (broad SMARTS) is 1. The van der Waals surface area contributed by atoms with Gasteiger partial charge in [0, 0.05) is 13.1 Å². The summed E-state index contributed by atoms with van der Waals surface area (Å²) in [5, 5.41) is 12.0. The SMILES string of the molecule is CCNc1ccc(C(=O)O)cc1S(=O)(=O)NCc1ccccc1. The Hall–Kier alpha value is -2.38. The van der Waals surface area contributed by atoms with Crippen molar-refractivity contribution in [2.45, 2.75) is 18.4 Å². The third kappa shape index (κ3) is 4.30. The molecule has 0 aliphatic carbocycles. The van der Waals surface area contributed by atoms with Crippen LogP contribution in [0.5, 0.6) is 0 Å². The number of sulfonamides is 1. The van der Waals surface area contributed by atoms with E-state index in [-0.39, 0.29) is 17.0 Å². The fourth-order valence-electron chi connectivity index (χ4n) is 2.07. The molecule has 2 aromatic rings. The first-order chi connectivity index (χ1) is 10.9. The van der Waals surface area contributed by atoms with Gasteiger partial charge in [0.05, 0.1) is 11.3 Å². The molecule has 122 valence electrons. The molecule has 2 aromatic carbocycles. The van der Waals surface area contributed by atoms with Crippen molar-refractivity contribution in [2.75, 3.05) is 11.9 Å². The van der Waals surface area contributed by atoms with Crippen molar-refractivity contribution in [3.8, 4) is 0 Å². The van der Waals surface area contributed by atoms with E-state index in [2.05, 4.69) is 10.0 Å². The summed E-state index contributed by atoms with van der Waals surface area (Å²) in [7, 11) is -3.84. The molecule has 0 aliphatic rings. The molecular weight excluding hydrogens is 316 g/mol. The molecule has 0 bridgehead atoms. The Morgan fingerprint density at radius 3 is 2.43 bits per heavy atom. The highest BCUT2D eigenvalue weighted by Crippen LogP contribution is 2.23. The van der Waals surface area contributed by atoms with E-state index in [9.17, 15) is 13.2 Å². The molecule has 0 radical (unpaired) electrons. The number of hydrogen-bond donors (Lipinski definition) is 3. The lowest BCUT2D eigenvalue weighted by Gasteiger charge is -2.13. The minimum atomic E-state index is -3.84. The van der Waals surface area contributed by atoms with Crippen LogP contribution in [0.15, 0.2) is 53.4 Å². The van der Waals surface area contributed by atoms with Crippen molar-refractivity contribution >= 4 is 21.7 Å². The number of hydrogen-bond acceptors (Lipinski definition) is 4. The van der Waals surface area contributed by atoms with Gasteiger partial charge in [-0.2, -0.15) is 0 Å². The van der Waals surface area contributed by atoms with Gasteiger partial charge < -0.3 is 10.4 Å². The lowest BCUT2D eigenvalue weighted by atomic mass is 10.2. The topological polar surface area (TPSA) is 95.5 Å². The van der Waals surface area contributed by atoms with Crippen LogP contribution < -0.4 is 10.0 Å². The highest BCUT2D eigenvalue weighted by atomic mass is 32.2. The Kier molecular flexibility index (Phi) is 5.36. The number of rotatable bonds is 7. The van der Waals surface area contributed by atoms with Crippen LogP contribution in [0.2, 0.25) is 0 Å². The summed E-state index contributed by atoms with van der Waals surface area (Å²) in [5.41, 5.74) is 1.11. The lowest BCUT2D eigenvalue weighted by Crippen LogP contribution is -2.24. The second-order valence-corrected chi connectivity index (χ2v) is 6.59. The molecule has 2 rings (SSSR count). The van der Waals surface area contributed by atoms with E-state index in [0.717, 1.165) is 11.6 Å². The monoisotopic (exact) mass is 334 g/mol. The molecule has 0 saturated heterocycles. The molecule has 0 aromatic heterocycles. The zero-order chi connectivity index (χ0) is 16.9. The first kappa shape index (κ1) is 17.0. The van der Waals surface area contributed by atoms with Crippen molar-refractivity contribution in [1.82, 2.24) is 4.72 Å². The number of anilines is 1. The summed E-state index contributed by atoms with van der Waals surface area (Å²) in [6, 6.07) is 13.1. The first-order valence-electron chi connectivity index (χ1n) is 7.09. The molecule has 0 spiro atoms. The van der Waals surface area contributed by atoms with Gasteiger partial charge in [0.2, 0.25) is 10.0 Å². The molecule has 23 heavy (non-hydrogen) atoms. The third-order valence-electron chi connectivity index (χ3n) is 3.19. The zero-order valence-electron chi connectivity index (χ0n) is 12.6. The van der Waals surface area contributed by atoms with Gasteiger partial charge in [0.25, 0.3) is 0 Å². The standard InChI is InChI=1S/C16H18N2O4S/c1-2-17-14-9-8-13(16(19)20)10-15(14)23(21,22)18-11-12-6-4-3-5-7-12/h3-10,17-18H,2,11H2,1H3,(H,19,20). The van der Waals surface area contributed by atoms with Crippen LogP contribution in [0.25, 0.3) is 0 Å². The van der Waals surface area contributed by atoms with E-state index < -0.39 is 16.0 Å². The number of nitrogens with one attached hydrogen (secondary N) is 2. The zero-order valence-corrected chi connectivity index (χ0v) is 13.4. The summed E-state index contributed by atoms with van der Waals surface area (Å²) < 4.78 is 27.6. The fourth-order valence-corrected chi connectivity index (χ4v) is 3.29. The molecule has 7 heteroatoms. The van der Waals surface area contributed by atoms with Crippen molar-refractivity contribution in [2.24, 2.45) is 0 Å². The average Bonchev–Trinajstić information content (AvgIpc) is 2.54. The minimum Gasteiger partial charge on any atom is -0.478 e. The van der Waals surface area contributed by atoms with Crippen LogP contribution in [0.3, 0.4) is 0 Å². The predicted octanol–water partition coefficient (Wildman–Crippen LogP) is 2.30. The maximum Gasteiger partial charge on any atom is 0.335 e. The molecular formula is C16H18N2O4S. The molecule has 6 nitrogen and oxygen atoms in total. The second-order valence-electron chi connectivity index (χ2n) is 4.86. The van der Waals surface area contributed by atoms with E-state index in [1.165, 1.54) is 12.1 Å². The van der Waals surface area contributed by atoms with E-state index in [0.29, 0.717) is 12.2 Å². The molecule has 0 amide bonds. The molecule has 3 N–H and O–H groups in total. The van der Waals surface area contributed by atoms with Gasteiger partial charge in [-0.1, -0.05) is 30.3 Å². The van der Waals surface area contributed by atoms with Gasteiger partial charge in [-0.15, -0.1) is 0 Å². The average molecular weight is 334 g/mol. The molecule has 0 saturated carbocycles. The number of carbonyl (C=O) groups is 1. The molecule has 0 aliphatic heterocycles. The Bertz CT molecular complexity index is 789. The number of aromatic carboxylic acids is 1. The largest absolute Gasteiger partial charge is 0.478 e. The quantitative estimate of drug-likeness (QED) is 0.722. The van der Waals surface area contributed by atoms with Crippen molar-refractivity contribution in [3.63, 3.8) is 0 Å². The maximum atomic E-state index is 12.5. The Morgan fingerprint density at radius 2 is 1.83 bits per heavy atom. The lowest BCUT2D eigenvalue weighted by molar-refractivity contribution is 0.0696. The van der Waals surface area contributed by atoms with Gasteiger partial charge in [-0.05, 0) is 30.7 Å². The summed E-state index contributed by atoms with van der Waals surface area (Å²) in [5.74, 6) is -1.17. The van der Waals surface area contributed by atoms with E-state index in [1.807, 2.05) is 25.1 Å². The number of carboxylic acids is 1. The van der Waals surface area contributed by atoms with Gasteiger partial charge in [-0.3, -0.25) is 0 Å². The minimum absolute atomic E-state index is 0.0739. The third-order valence-corrected chi connectivity index (χ3v) is 4.64. The number of benzene rings is 2. The fraction of sp³-hybridized carbons (Fsp3) is 0.188. The van der Waals surface area contributed by atoms with Crippen LogP contribution in [-0.4, -0.2) is 26.0 Å². The van der Waals surface area contributed by atoms with E-state index in [1.54, 1.807) is 12.1 Å². The van der Waals surface area contributed by atoms with Crippen LogP contribution in [0.1, 0.15) is 22.8 Å². The van der Waals surface area contributed by atoms with Crippen molar-refractivity contribution < 1.29 is 18.3 Å².